The Kier molecular flexibility index (Phi) is 6.99. The molecule has 3 aromatic carbocycles. The minimum absolute atomic E-state index is 0.796. The van der Waals surface area contributed by atoms with Crippen LogP contribution in [0.5, 0.6) is 17.2 Å². The van der Waals surface area contributed by atoms with Gasteiger partial charge in [0.25, 0.3) is 0 Å². The third-order valence-electron chi connectivity index (χ3n) is 8.71. The summed E-state index contributed by atoms with van der Waals surface area (Å²) in [4.78, 5) is 16.4. The van der Waals surface area contributed by atoms with E-state index in [0.717, 1.165) is 95.1 Å². The van der Waals surface area contributed by atoms with Gasteiger partial charge < -0.3 is 29.2 Å². The zero-order chi connectivity index (χ0) is 31.9. The molecule has 0 spiro atoms. The quantitative estimate of drug-likeness (QED) is 0.174. The van der Waals surface area contributed by atoms with E-state index >= 15 is 0 Å². The highest BCUT2D eigenvalue weighted by Gasteiger charge is 2.16. The van der Waals surface area contributed by atoms with E-state index in [1.807, 2.05) is 36.4 Å². The summed E-state index contributed by atoms with van der Waals surface area (Å²) < 4.78 is 16.4. The molecular formula is C40H32N4O3. The standard InChI is InChI=1S/C40H32N4O3/c1-45-27-10-4-24(5-11-27)38-32-18-16-30(41-32)31-17-19-33(42-31)39(25-6-12-28(46-2)13-7-25)35-21-23-37(44-35)40(36-22-20-34(38)43-36)26-8-14-29(47-3)15-9-26/h4-23,41-43H,1-3H3. The number of nitrogens with zero attached hydrogens (tertiary/aromatic N) is 1. The van der Waals surface area contributed by atoms with Gasteiger partial charge in [-0.25, -0.2) is 4.98 Å². The van der Waals surface area contributed by atoms with E-state index in [1.54, 1.807) is 21.3 Å². The molecule has 8 bridgehead atoms. The number of benzene rings is 3. The second kappa shape index (κ2) is 11.6. The number of rotatable bonds is 6. The van der Waals surface area contributed by atoms with E-state index in [2.05, 4.69) is 99.9 Å². The lowest BCUT2D eigenvalue weighted by atomic mass is 10.0. The van der Waals surface area contributed by atoms with Crippen LogP contribution in [0.1, 0.15) is 11.4 Å². The van der Waals surface area contributed by atoms with Gasteiger partial charge in [-0.1, -0.05) is 36.4 Å². The van der Waals surface area contributed by atoms with Crippen LogP contribution in [0.3, 0.4) is 0 Å². The summed E-state index contributed by atoms with van der Waals surface area (Å²) in [6.07, 6.45) is 4.19. The van der Waals surface area contributed by atoms with Crippen LogP contribution < -0.4 is 14.2 Å². The van der Waals surface area contributed by atoms with Crippen LogP contribution in [0.4, 0.5) is 0 Å². The monoisotopic (exact) mass is 616 g/mol. The number of hydrogen-bond donors (Lipinski definition) is 3. The summed E-state index contributed by atoms with van der Waals surface area (Å²) in [7, 11) is 5.04. The van der Waals surface area contributed by atoms with Gasteiger partial charge in [-0.3, -0.25) is 0 Å². The summed E-state index contributed by atoms with van der Waals surface area (Å²) in [6, 6.07) is 37.1. The fourth-order valence-corrected chi connectivity index (χ4v) is 6.34. The molecular weight excluding hydrogens is 584 g/mol. The number of aromatic amines is 3. The Morgan fingerprint density at radius 3 is 1.02 bits per heavy atom. The predicted octanol–water partition coefficient (Wildman–Crippen LogP) is 9.72. The summed E-state index contributed by atoms with van der Waals surface area (Å²) in [5.74, 6) is 2.40. The summed E-state index contributed by atoms with van der Waals surface area (Å²) in [5, 5.41) is 0. The first kappa shape index (κ1) is 28.3. The normalized spacial score (nSPS) is 11.6. The number of methoxy groups -OCH3 is 3. The van der Waals surface area contributed by atoms with E-state index in [9.17, 15) is 0 Å². The lowest BCUT2D eigenvalue weighted by molar-refractivity contribution is 0.415. The van der Waals surface area contributed by atoms with E-state index < -0.39 is 0 Å². The van der Waals surface area contributed by atoms with Crippen LogP contribution in [0.2, 0.25) is 0 Å². The maximum atomic E-state index is 5.48. The highest BCUT2D eigenvalue weighted by molar-refractivity contribution is 5.99. The second-order valence-electron chi connectivity index (χ2n) is 11.4. The Morgan fingerprint density at radius 1 is 0.362 bits per heavy atom. The molecule has 5 heterocycles. The van der Waals surface area contributed by atoms with Crippen molar-refractivity contribution in [2.45, 2.75) is 0 Å². The van der Waals surface area contributed by atoms with Crippen LogP contribution in [0.15, 0.2) is 109 Å². The number of H-pyrrole nitrogens is 3. The van der Waals surface area contributed by atoms with Gasteiger partial charge in [-0.05, 0) is 102 Å². The van der Waals surface area contributed by atoms with E-state index in [-0.39, 0.29) is 0 Å². The molecule has 0 saturated heterocycles. The lowest BCUT2D eigenvalue weighted by Crippen LogP contribution is -1.89. The Morgan fingerprint density at radius 2 is 0.660 bits per heavy atom. The number of hydrogen-bond acceptors (Lipinski definition) is 4. The molecule has 8 rings (SSSR count). The van der Waals surface area contributed by atoms with Crippen molar-refractivity contribution in [1.82, 2.24) is 19.9 Å². The fourth-order valence-electron chi connectivity index (χ4n) is 6.34. The number of ether oxygens (including phenoxy) is 3. The highest BCUT2D eigenvalue weighted by Crippen LogP contribution is 2.37. The van der Waals surface area contributed by atoms with Crippen molar-refractivity contribution in [2.75, 3.05) is 21.3 Å². The van der Waals surface area contributed by atoms with Gasteiger partial charge in [0.1, 0.15) is 17.2 Å². The molecule has 0 atom stereocenters. The van der Waals surface area contributed by atoms with Crippen molar-refractivity contribution in [2.24, 2.45) is 0 Å². The average molecular weight is 617 g/mol. The largest absolute Gasteiger partial charge is 0.497 e. The molecule has 0 unspecified atom stereocenters. The smallest absolute Gasteiger partial charge is 0.118 e. The fraction of sp³-hybridized carbons (Fsp3) is 0.0750. The molecule has 0 amide bonds. The van der Waals surface area contributed by atoms with Crippen molar-refractivity contribution < 1.29 is 14.2 Å². The van der Waals surface area contributed by atoms with E-state index in [0.29, 0.717) is 0 Å². The number of nitrogens with one attached hydrogen (secondary N) is 3. The van der Waals surface area contributed by atoms with Crippen LogP contribution >= 0.6 is 0 Å². The third-order valence-corrected chi connectivity index (χ3v) is 8.71. The van der Waals surface area contributed by atoms with Crippen LogP contribution in [-0.4, -0.2) is 41.3 Å². The molecule has 7 nitrogen and oxygen atoms in total. The minimum Gasteiger partial charge on any atom is -0.497 e. The molecule has 1 aliphatic heterocycles. The predicted molar refractivity (Wildman–Crippen MR) is 191 cm³/mol. The maximum absolute atomic E-state index is 5.48. The van der Waals surface area contributed by atoms with Gasteiger partial charge >= 0.3 is 0 Å². The molecule has 7 heteroatoms. The third kappa shape index (κ3) is 5.08. The molecule has 1 aliphatic rings. The zero-order valence-electron chi connectivity index (χ0n) is 26.2. The summed E-state index contributed by atoms with van der Waals surface area (Å²) >= 11 is 0. The van der Waals surface area contributed by atoms with Crippen LogP contribution in [-0.2, 0) is 0 Å². The molecule has 7 aromatic rings. The van der Waals surface area contributed by atoms with Crippen LogP contribution in [0.25, 0.3) is 78.6 Å². The van der Waals surface area contributed by atoms with Gasteiger partial charge in [-0.2, -0.15) is 0 Å². The van der Waals surface area contributed by atoms with Crippen molar-refractivity contribution in [1.29, 1.82) is 0 Å². The maximum Gasteiger partial charge on any atom is 0.118 e. The lowest BCUT2D eigenvalue weighted by Gasteiger charge is -2.07. The first-order valence-corrected chi connectivity index (χ1v) is 15.4. The number of aromatic nitrogens is 4. The summed E-state index contributed by atoms with van der Waals surface area (Å²) in [5.41, 5.74) is 13.7. The molecule has 0 aliphatic carbocycles. The second-order valence-corrected chi connectivity index (χ2v) is 11.4. The van der Waals surface area contributed by atoms with Gasteiger partial charge in [-0.15, -0.1) is 0 Å². The van der Waals surface area contributed by atoms with Crippen LogP contribution in [0, 0.1) is 0 Å². The van der Waals surface area contributed by atoms with E-state index in [1.165, 1.54) is 0 Å². The number of fused-ring (bicyclic) bond motifs is 9. The van der Waals surface area contributed by atoms with Crippen molar-refractivity contribution in [3.63, 3.8) is 0 Å². The molecule has 47 heavy (non-hydrogen) atoms. The zero-order valence-corrected chi connectivity index (χ0v) is 26.2. The first-order chi connectivity index (χ1) is 23.1. The molecule has 4 aromatic heterocycles. The topological polar surface area (TPSA) is 87.9 Å². The molecule has 230 valence electrons. The summed E-state index contributed by atoms with van der Waals surface area (Å²) in [6.45, 7) is 0. The minimum atomic E-state index is 0.796. The van der Waals surface area contributed by atoms with Crippen molar-refractivity contribution >= 4 is 45.3 Å². The molecule has 3 N–H and O–H groups in total. The average Bonchev–Trinajstić information content (AvgIpc) is 3.95. The van der Waals surface area contributed by atoms with Gasteiger partial charge in [0, 0.05) is 38.8 Å². The SMILES string of the molecule is COc1ccc(-c2c3nc(c(-c4ccc(OC)cc4)c4ccc([nH]4)c4ccc([nH]4)c(-c4ccc(OC)cc4)c4ccc2[nH]4)C=C3)cc1. The van der Waals surface area contributed by atoms with E-state index in [4.69, 9.17) is 19.2 Å². The molecule has 0 fully saturated rings. The van der Waals surface area contributed by atoms with Gasteiger partial charge in [0.05, 0.1) is 43.8 Å². The Bertz CT molecular complexity index is 2390. The van der Waals surface area contributed by atoms with Crippen molar-refractivity contribution in [3.8, 4) is 50.6 Å². The highest BCUT2D eigenvalue weighted by atomic mass is 16.5. The van der Waals surface area contributed by atoms with Gasteiger partial charge in [0.2, 0.25) is 0 Å². The Hall–Kier alpha value is -6.21. The van der Waals surface area contributed by atoms with Crippen molar-refractivity contribution in [3.05, 3.63) is 121 Å². The molecule has 0 radical (unpaired) electrons. The first-order valence-electron chi connectivity index (χ1n) is 15.4. The van der Waals surface area contributed by atoms with Gasteiger partial charge in [0.15, 0.2) is 0 Å². The Labute approximate surface area is 271 Å². The Balaban J connectivity index is 1.51. The molecule has 0 saturated carbocycles.